The summed E-state index contributed by atoms with van der Waals surface area (Å²) in [5, 5.41) is 5.90. The van der Waals surface area contributed by atoms with Gasteiger partial charge in [-0.25, -0.2) is 4.98 Å². The molecule has 0 atom stereocenters. The van der Waals surface area contributed by atoms with Crippen molar-refractivity contribution in [1.82, 2.24) is 14.8 Å². The van der Waals surface area contributed by atoms with E-state index >= 15 is 0 Å². The van der Waals surface area contributed by atoms with Crippen molar-refractivity contribution in [2.45, 2.75) is 19.4 Å². The average molecular weight is 244 g/mol. The molecular formula is C9H10F2N4S. The van der Waals surface area contributed by atoms with Crippen LogP contribution in [0, 0.1) is 0 Å². The van der Waals surface area contributed by atoms with Gasteiger partial charge < -0.3 is 5.73 Å². The zero-order valence-corrected chi connectivity index (χ0v) is 9.34. The quantitative estimate of drug-likeness (QED) is 0.899. The highest BCUT2D eigenvalue weighted by atomic mass is 32.1. The topological polar surface area (TPSA) is 56.7 Å². The molecule has 2 heterocycles. The number of anilines is 1. The Hall–Kier alpha value is -1.50. The van der Waals surface area contributed by atoms with Crippen molar-refractivity contribution in [1.29, 1.82) is 0 Å². The summed E-state index contributed by atoms with van der Waals surface area (Å²) < 4.78 is 27.4. The minimum Gasteiger partial charge on any atom is -0.382 e. The lowest BCUT2D eigenvalue weighted by molar-refractivity contribution is 0.0132. The number of thiazole rings is 1. The van der Waals surface area contributed by atoms with Crippen molar-refractivity contribution in [2.75, 3.05) is 5.73 Å². The Kier molecular flexibility index (Phi) is 2.63. The number of hydrogen-bond acceptors (Lipinski definition) is 4. The fourth-order valence-electron chi connectivity index (χ4n) is 1.19. The molecule has 0 fully saturated rings. The highest BCUT2D eigenvalue weighted by Gasteiger charge is 2.27. The summed E-state index contributed by atoms with van der Waals surface area (Å²) in [4.78, 5) is 3.85. The zero-order chi connectivity index (χ0) is 11.8. The molecule has 2 aromatic rings. The van der Waals surface area contributed by atoms with E-state index in [-0.39, 0.29) is 5.69 Å². The zero-order valence-electron chi connectivity index (χ0n) is 8.52. The molecule has 2 rings (SSSR count). The van der Waals surface area contributed by atoms with Crippen LogP contribution in [0.15, 0.2) is 17.6 Å². The van der Waals surface area contributed by atoms with Crippen molar-refractivity contribution in [3.63, 3.8) is 0 Å². The Labute approximate surface area is 94.7 Å². The monoisotopic (exact) mass is 244 g/mol. The lowest BCUT2D eigenvalue weighted by Crippen LogP contribution is -2.08. The summed E-state index contributed by atoms with van der Waals surface area (Å²) in [6.45, 7) is 1.19. The number of nitrogen functional groups attached to an aromatic ring is 1. The predicted octanol–water partition coefficient (Wildman–Crippen LogP) is 2.08. The summed E-state index contributed by atoms with van der Waals surface area (Å²) in [7, 11) is 0. The van der Waals surface area contributed by atoms with Crippen LogP contribution < -0.4 is 5.73 Å². The summed E-state index contributed by atoms with van der Waals surface area (Å²) in [5.41, 5.74) is 5.24. The first kappa shape index (κ1) is 11.0. The van der Waals surface area contributed by atoms with Gasteiger partial charge in [0.05, 0.1) is 6.54 Å². The van der Waals surface area contributed by atoms with Crippen LogP contribution in [0.2, 0.25) is 0 Å². The summed E-state index contributed by atoms with van der Waals surface area (Å²) in [6.07, 6.45) is 1.68. The van der Waals surface area contributed by atoms with Crippen molar-refractivity contribution in [2.24, 2.45) is 0 Å². The minimum atomic E-state index is -2.89. The van der Waals surface area contributed by atoms with E-state index in [2.05, 4.69) is 10.1 Å². The average Bonchev–Trinajstić information content (AvgIpc) is 2.74. The molecule has 86 valence electrons. The predicted molar refractivity (Wildman–Crippen MR) is 57.4 cm³/mol. The van der Waals surface area contributed by atoms with Crippen LogP contribution in [0.3, 0.4) is 0 Å². The minimum absolute atomic E-state index is 0.201. The maximum absolute atomic E-state index is 12.9. The third kappa shape index (κ3) is 2.35. The fraction of sp³-hybridized carbons (Fsp3) is 0.333. The highest BCUT2D eigenvalue weighted by Crippen LogP contribution is 2.28. The van der Waals surface area contributed by atoms with Gasteiger partial charge in [-0.15, -0.1) is 11.3 Å². The van der Waals surface area contributed by atoms with Crippen molar-refractivity contribution >= 4 is 17.2 Å². The molecule has 4 nitrogen and oxygen atoms in total. The maximum Gasteiger partial charge on any atom is 0.287 e. The first-order chi connectivity index (χ1) is 7.45. The molecule has 16 heavy (non-hydrogen) atoms. The van der Waals surface area contributed by atoms with Crippen molar-refractivity contribution in [3.05, 3.63) is 28.3 Å². The number of halogens is 2. The molecule has 0 amide bonds. The summed E-state index contributed by atoms with van der Waals surface area (Å²) in [5.74, 6) is -2.49. The second-order valence-electron chi connectivity index (χ2n) is 3.45. The SMILES string of the molecule is CC(F)(F)c1csc(Cn2ccc(N)n2)n1. The standard InChI is InChI=1S/C9H10F2N4S/c1-9(10,11)6-5-16-8(13-6)4-15-3-2-7(12)14-15/h2-3,5H,4H2,1H3,(H2,12,14). The van der Waals surface area contributed by atoms with Crippen LogP contribution in [0.5, 0.6) is 0 Å². The number of hydrogen-bond donors (Lipinski definition) is 1. The molecule has 0 aliphatic carbocycles. The Balaban J connectivity index is 2.14. The van der Waals surface area contributed by atoms with Gasteiger partial charge in [0, 0.05) is 18.5 Å². The molecule has 0 aliphatic rings. The van der Waals surface area contributed by atoms with Gasteiger partial charge in [0.2, 0.25) is 0 Å². The molecule has 2 aromatic heterocycles. The van der Waals surface area contributed by atoms with E-state index in [0.29, 0.717) is 17.4 Å². The second kappa shape index (κ2) is 3.82. The molecule has 0 unspecified atom stereocenters. The largest absolute Gasteiger partial charge is 0.382 e. The second-order valence-corrected chi connectivity index (χ2v) is 4.40. The molecular weight excluding hydrogens is 234 g/mol. The normalized spacial score (nSPS) is 11.9. The first-order valence-electron chi connectivity index (χ1n) is 4.57. The van der Waals surface area contributed by atoms with Crippen LogP contribution in [0.1, 0.15) is 17.6 Å². The Morgan fingerprint density at radius 2 is 2.31 bits per heavy atom. The van der Waals surface area contributed by atoms with E-state index in [0.717, 1.165) is 6.92 Å². The van der Waals surface area contributed by atoms with Gasteiger partial charge in [0.15, 0.2) is 0 Å². The Bertz CT molecular complexity index is 486. The molecule has 2 N–H and O–H groups in total. The maximum atomic E-state index is 12.9. The third-order valence-electron chi connectivity index (χ3n) is 1.96. The number of aromatic nitrogens is 3. The van der Waals surface area contributed by atoms with Gasteiger partial charge in [-0.1, -0.05) is 0 Å². The molecule has 0 radical (unpaired) electrons. The van der Waals surface area contributed by atoms with E-state index in [1.54, 1.807) is 16.9 Å². The van der Waals surface area contributed by atoms with Gasteiger partial charge in [-0.05, 0) is 6.07 Å². The van der Waals surface area contributed by atoms with Gasteiger partial charge in [-0.3, -0.25) is 4.68 Å². The van der Waals surface area contributed by atoms with Gasteiger partial charge in [0.1, 0.15) is 16.5 Å². The van der Waals surface area contributed by atoms with E-state index in [1.165, 1.54) is 16.7 Å². The van der Waals surface area contributed by atoms with Gasteiger partial charge >= 0.3 is 0 Å². The van der Waals surface area contributed by atoms with E-state index in [9.17, 15) is 8.78 Å². The number of nitrogens with two attached hydrogens (primary N) is 1. The van der Waals surface area contributed by atoms with Crippen LogP contribution in [-0.4, -0.2) is 14.8 Å². The summed E-state index contributed by atoms with van der Waals surface area (Å²) in [6, 6.07) is 1.64. The number of rotatable bonds is 3. The van der Waals surface area contributed by atoms with Crippen molar-refractivity contribution < 1.29 is 8.78 Å². The Morgan fingerprint density at radius 1 is 1.56 bits per heavy atom. The molecule has 0 aliphatic heterocycles. The third-order valence-corrected chi connectivity index (χ3v) is 2.79. The number of alkyl halides is 2. The smallest absolute Gasteiger partial charge is 0.287 e. The molecule has 0 bridgehead atoms. The van der Waals surface area contributed by atoms with Crippen LogP contribution in [0.4, 0.5) is 14.6 Å². The van der Waals surface area contributed by atoms with Gasteiger partial charge in [0.25, 0.3) is 5.92 Å². The van der Waals surface area contributed by atoms with E-state index in [1.807, 2.05) is 0 Å². The van der Waals surface area contributed by atoms with Crippen LogP contribution in [0.25, 0.3) is 0 Å². The lowest BCUT2D eigenvalue weighted by atomic mass is 10.3. The van der Waals surface area contributed by atoms with Crippen molar-refractivity contribution in [3.8, 4) is 0 Å². The molecule has 0 saturated heterocycles. The lowest BCUT2D eigenvalue weighted by Gasteiger charge is -2.04. The van der Waals surface area contributed by atoms with E-state index in [4.69, 9.17) is 5.73 Å². The fourth-order valence-corrected chi connectivity index (χ4v) is 2.05. The highest BCUT2D eigenvalue weighted by molar-refractivity contribution is 7.09. The van der Waals surface area contributed by atoms with Crippen LogP contribution in [-0.2, 0) is 12.5 Å². The number of nitrogens with zero attached hydrogens (tertiary/aromatic N) is 3. The molecule has 0 spiro atoms. The molecule has 0 aromatic carbocycles. The molecule has 0 saturated carbocycles. The van der Waals surface area contributed by atoms with Crippen LogP contribution >= 0.6 is 11.3 Å². The Morgan fingerprint density at radius 3 is 2.81 bits per heavy atom. The molecule has 7 heteroatoms. The van der Waals surface area contributed by atoms with Gasteiger partial charge in [-0.2, -0.15) is 13.9 Å². The summed E-state index contributed by atoms with van der Waals surface area (Å²) >= 11 is 1.19. The van der Waals surface area contributed by atoms with E-state index < -0.39 is 5.92 Å². The first-order valence-corrected chi connectivity index (χ1v) is 5.45.